The van der Waals surface area contributed by atoms with Crippen LogP contribution in [0.1, 0.15) is 42.6 Å². The van der Waals surface area contributed by atoms with E-state index in [1.807, 2.05) is 37.3 Å². The second kappa shape index (κ2) is 7.82. The molecule has 2 atom stereocenters. The van der Waals surface area contributed by atoms with E-state index in [0.717, 1.165) is 35.2 Å². The highest BCUT2D eigenvalue weighted by molar-refractivity contribution is 7.18. The van der Waals surface area contributed by atoms with E-state index in [1.54, 1.807) is 11.3 Å². The van der Waals surface area contributed by atoms with Gasteiger partial charge in [0, 0.05) is 11.4 Å². The van der Waals surface area contributed by atoms with Gasteiger partial charge in [0.1, 0.15) is 23.0 Å². The summed E-state index contributed by atoms with van der Waals surface area (Å²) in [5.74, 6) is 2.24. The van der Waals surface area contributed by atoms with E-state index in [2.05, 4.69) is 17.2 Å². The molecule has 0 saturated heterocycles. The predicted octanol–water partition coefficient (Wildman–Crippen LogP) is 3.84. The van der Waals surface area contributed by atoms with Crippen LogP contribution in [-0.4, -0.2) is 23.1 Å². The van der Waals surface area contributed by atoms with Gasteiger partial charge >= 0.3 is 0 Å². The highest BCUT2D eigenvalue weighted by atomic mass is 32.1. The van der Waals surface area contributed by atoms with Crippen LogP contribution < -0.4 is 15.6 Å². The average molecular weight is 384 g/mol. The molecule has 5 nitrogen and oxygen atoms in total. The summed E-state index contributed by atoms with van der Waals surface area (Å²) in [6.07, 6.45) is 3.21. The summed E-state index contributed by atoms with van der Waals surface area (Å²) in [6.45, 7) is 5.53. The van der Waals surface area contributed by atoms with E-state index in [-0.39, 0.29) is 11.6 Å². The first-order valence-electron chi connectivity index (χ1n) is 9.57. The van der Waals surface area contributed by atoms with Crippen molar-refractivity contribution in [3.63, 3.8) is 0 Å². The maximum Gasteiger partial charge on any atom is 0.259 e. The van der Waals surface area contributed by atoms with Gasteiger partial charge < -0.3 is 15.0 Å². The van der Waals surface area contributed by atoms with E-state index in [1.165, 1.54) is 10.4 Å². The lowest BCUT2D eigenvalue weighted by atomic mass is 9.89. The largest absolute Gasteiger partial charge is 0.492 e. The molecule has 0 fully saturated rings. The van der Waals surface area contributed by atoms with Crippen LogP contribution in [0.4, 0.5) is 0 Å². The Morgan fingerprint density at radius 3 is 3.00 bits per heavy atom. The molecule has 2 N–H and O–H groups in total. The molecule has 0 radical (unpaired) electrons. The molecule has 0 bridgehead atoms. The van der Waals surface area contributed by atoms with E-state index in [4.69, 9.17) is 9.72 Å². The average Bonchev–Trinajstić information content (AvgIpc) is 3.03. The Hall–Kier alpha value is -2.18. The van der Waals surface area contributed by atoms with Crippen LogP contribution in [0.5, 0.6) is 5.75 Å². The van der Waals surface area contributed by atoms with Crippen molar-refractivity contribution in [3.8, 4) is 5.75 Å². The lowest BCUT2D eigenvalue weighted by molar-refractivity contribution is 0.306. The smallest absolute Gasteiger partial charge is 0.259 e. The van der Waals surface area contributed by atoms with E-state index in [0.29, 0.717) is 24.9 Å². The highest BCUT2D eigenvalue weighted by Crippen LogP contribution is 2.35. The number of hydrogen-bond acceptors (Lipinski definition) is 5. The molecule has 1 aliphatic rings. The zero-order valence-corrected chi connectivity index (χ0v) is 16.6. The third-order valence-corrected chi connectivity index (χ3v) is 6.31. The fourth-order valence-corrected chi connectivity index (χ4v) is 5.02. The van der Waals surface area contributed by atoms with E-state index >= 15 is 0 Å². The Morgan fingerprint density at radius 2 is 2.19 bits per heavy atom. The van der Waals surface area contributed by atoms with Crippen molar-refractivity contribution in [3.05, 3.63) is 57.0 Å². The van der Waals surface area contributed by atoms with Gasteiger partial charge in [-0.2, -0.15) is 0 Å². The topological polar surface area (TPSA) is 67.0 Å². The van der Waals surface area contributed by atoms with Crippen LogP contribution in [0.3, 0.4) is 0 Å². The molecule has 0 spiro atoms. The van der Waals surface area contributed by atoms with Gasteiger partial charge in [0.05, 0.1) is 11.4 Å². The van der Waals surface area contributed by atoms with Crippen molar-refractivity contribution >= 4 is 21.6 Å². The quantitative estimate of drug-likeness (QED) is 0.635. The van der Waals surface area contributed by atoms with Gasteiger partial charge in [0.25, 0.3) is 5.56 Å². The summed E-state index contributed by atoms with van der Waals surface area (Å²) in [4.78, 5) is 22.7. The van der Waals surface area contributed by atoms with Crippen LogP contribution in [0, 0.1) is 5.92 Å². The minimum atomic E-state index is -0.0421. The molecule has 2 aromatic heterocycles. The molecule has 1 aliphatic carbocycles. The molecule has 2 heterocycles. The maximum absolute atomic E-state index is 12.7. The predicted molar refractivity (Wildman–Crippen MR) is 110 cm³/mol. The van der Waals surface area contributed by atoms with Gasteiger partial charge in [0.15, 0.2) is 0 Å². The first-order valence-corrected chi connectivity index (χ1v) is 10.4. The first-order chi connectivity index (χ1) is 13.1. The zero-order valence-electron chi connectivity index (χ0n) is 15.7. The summed E-state index contributed by atoms with van der Waals surface area (Å²) in [5, 5.41) is 4.19. The summed E-state index contributed by atoms with van der Waals surface area (Å²) in [5.41, 5.74) is 1.22. The Labute approximate surface area is 162 Å². The Balaban J connectivity index is 1.44. The minimum absolute atomic E-state index is 0.00348. The van der Waals surface area contributed by atoms with Gasteiger partial charge in [-0.05, 0) is 49.8 Å². The molecule has 27 heavy (non-hydrogen) atoms. The third kappa shape index (κ3) is 3.92. The second-order valence-corrected chi connectivity index (χ2v) is 8.40. The number of nitrogens with one attached hydrogen (secondary N) is 2. The standard InChI is InChI=1S/C21H25N3O2S/c1-13-8-9-16-17(12-13)27-21-18(16)20(25)23-19(24-21)14(2)22-10-11-26-15-6-4-3-5-7-15/h3-7,13-14,22H,8-12H2,1-2H3,(H,23,24,25)/t13-,14+/m1/s1. The molecule has 142 valence electrons. The highest BCUT2D eigenvalue weighted by Gasteiger charge is 2.23. The van der Waals surface area contributed by atoms with Crippen molar-refractivity contribution in [1.82, 2.24) is 15.3 Å². The molecule has 0 saturated carbocycles. The lowest BCUT2D eigenvalue weighted by Gasteiger charge is -2.17. The van der Waals surface area contributed by atoms with Crippen LogP contribution in [0.25, 0.3) is 10.2 Å². The molecule has 4 rings (SSSR count). The SMILES string of the molecule is C[C@@H]1CCc2c(sc3nc([C@H](C)NCCOc4ccccc4)[nH]c(=O)c23)C1. The third-order valence-electron chi connectivity index (χ3n) is 5.16. The number of thiophene rings is 1. The maximum atomic E-state index is 12.7. The van der Waals surface area contributed by atoms with Crippen LogP contribution >= 0.6 is 11.3 Å². The molecular weight excluding hydrogens is 358 g/mol. The van der Waals surface area contributed by atoms with E-state index < -0.39 is 0 Å². The number of H-pyrrole nitrogens is 1. The number of fused-ring (bicyclic) bond motifs is 3. The summed E-state index contributed by atoms with van der Waals surface area (Å²) < 4.78 is 5.70. The van der Waals surface area contributed by atoms with Gasteiger partial charge in [-0.15, -0.1) is 11.3 Å². The number of aryl methyl sites for hydroxylation is 1. The van der Waals surface area contributed by atoms with E-state index in [9.17, 15) is 4.79 Å². The van der Waals surface area contributed by atoms with Crippen molar-refractivity contribution in [2.24, 2.45) is 5.92 Å². The van der Waals surface area contributed by atoms with Crippen molar-refractivity contribution < 1.29 is 4.74 Å². The Kier molecular flexibility index (Phi) is 5.27. The number of rotatable bonds is 6. The fourth-order valence-electron chi connectivity index (χ4n) is 3.63. The van der Waals surface area contributed by atoms with Gasteiger partial charge in [-0.1, -0.05) is 25.1 Å². The van der Waals surface area contributed by atoms with Gasteiger partial charge in [0.2, 0.25) is 0 Å². The summed E-state index contributed by atoms with van der Waals surface area (Å²) in [6, 6.07) is 9.72. The molecule has 0 amide bonds. The van der Waals surface area contributed by atoms with Crippen LogP contribution in [0.2, 0.25) is 0 Å². The number of para-hydroxylation sites is 1. The monoisotopic (exact) mass is 383 g/mol. The summed E-state index contributed by atoms with van der Waals surface area (Å²) in [7, 11) is 0. The number of benzene rings is 1. The first kappa shape index (κ1) is 18.2. The Morgan fingerprint density at radius 1 is 1.37 bits per heavy atom. The molecule has 1 aromatic carbocycles. The van der Waals surface area contributed by atoms with Gasteiger partial charge in [-0.3, -0.25) is 4.79 Å². The van der Waals surface area contributed by atoms with Crippen molar-refractivity contribution in [2.75, 3.05) is 13.2 Å². The fraction of sp³-hybridized carbons (Fsp3) is 0.429. The number of aromatic amines is 1. The Bertz CT molecular complexity index is 980. The number of nitrogens with zero attached hydrogens (tertiary/aromatic N) is 1. The number of ether oxygens (including phenoxy) is 1. The summed E-state index contributed by atoms with van der Waals surface area (Å²) >= 11 is 1.69. The van der Waals surface area contributed by atoms with Crippen LogP contribution in [-0.2, 0) is 12.8 Å². The second-order valence-electron chi connectivity index (χ2n) is 7.32. The normalized spacial score (nSPS) is 17.6. The van der Waals surface area contributed by atoms with Gasteiger partial charge in [-0.25, -0.2) is 4.98 Å². The lowest BCUT2D eigenvalue weighted by Crippen LogP contribution is -2.27. The minimum Gasteiger partial charge on any atom is -0.492 e. The molecule has 3 aromatic rings. The van der Waals surface area contributed by atoms with Crippen LogP contribution in [0.15, 0.2) is 35.1 Å². The van der Waals surface area contributed by atoms with Crippen molar-refractivity contribution in [1.29, 1.82) is 0 Å². The molecule has 0 unspecified atom stereocenters. The number of aromatic nitrogens is 2. The molecular formula is C21H25N3O2S. The van der Waals surface area contributed by atoms with Crippen molar-refractivity contribution in [2.45, 2.75) is 39.2 Å². The molecule has 0 aliphatic heterocycles. The molecule has 6 heteroatoms. The number of hydrogen-bond donors (Lipinski definition) is 2. The zero-order chi connectivity index (χ0) is 18.8.